The number of methoxy groups -OCH3 is 1. The van der Waals surface area contributed by atoms with E-state index in [0.29, 0.717) is 19.6 Å². The fourth-order valence-corrected chi connectivity index (χ4v) is 0.781. The summed E-state index contributed by atoms with van der Waals surface area (Å²) in [7, 11) is 1.53. The number of ether oxygens (including phenoxy) is 1. The monoisotopic (exact) mass is 202 g/mol. The lowest BCUT2D eigenvalue weighted by Gasteiger charge is -2.12. The van der Waals surface area contributed by atoms with Gasteiger partial charge in [0.2, 0.25) is 0 Å². The number of aliphatic hydroxyl groups excluding tert-OH is 1. The molecule has 0 saturated heterocycles. The van der Waals surface area contributed by atoms with Gasteiger partial charge in [0.25, 0.3) is 0 Å². The van der Waals surface area contributed by atoms with Crippen molar-refractivity contribution in [3.05, 3.63) is 0 Å². The maximum Gasteiger partial charge on any atom is 0.419 e. The minimum absolute atomic E-state index is 0.340. The van der Waals surface area contributed by atoms with E-state index in [0.717, 1.165) is 0 Å². The van der Waals surface area contributed by atoms with Gasteiger partial charge in [0.05, 0.1) is 13.2 Å². The third kappa shape index (κ3) is 6.80. The molecular weight excluding hydrogens is 187 g/mol. The van der Waals surface area contributed by atoms with Gasteiger partial charge in [0, 0.05) is 13.5 Å². The molecule has 0 aliphatic heterocycles. The summed E-state index contributed by atoms with van der Waals surface area (Å²) in [6.07, 6.45) is -6.05. The van der Waals surface area contributed by atoms with Crippen molar-refractivity contribution in [1.82, 2.24) is 0 Å². The molecule has 0 aromatic rings. The molecule has 80 valence electrons. The fourth-order valence-electron chi connectivity index (χ4n) is 0.781. The molecule has 0 rings (SSSR count). The standard InChI is InChI=1S/C7H14F3NO2/c1-13-4-2-3-11-5-6(12)7(8,9)10/h6,11-12H,2-5H2,1H3/p+1/t6-/m1/s1. The smallest absolute Gasteiger partial charge is 0.384 e. The Morgan fingerprint density at radius 2 is 2.08 bits per heavy atom. The molecule has 3 N–H and O–H groups in total. The Bertz CT molecular complexity index is 129. The molecule has 0 bridgehead atoms. The van der Waals surface area contributed by atoms with E-state index in [1.165, 1.54) is 12.4 Å². The summed E-state index contributed by atoms with van der Waals surface area (Å²) >= 11 is 0. The molecule has 0 aliphatic rings. The number of aliphatic hydroxyl groups is 1. The van der Waals surface area contributed by atoms with Gasteiger partial charge in [-0.25, -0.2) is 0 Å². The highest BCUT2D eigenvalue weighted by molar-refractivity contribution is 4.61. The maximum absolute atomic E-state index is 11.7. The van der Waals surface area contributed by atoms with E-state index < -0.39 is 12.3 Å². The lowest BCUT2D eigenvalue weighted by atomic mass is 10.3. The molecule has 3 nitrogen and oxygen atoms in total. The summed E-state index contributed by atoms with van der Waals surface area (Å²) in [6.45, 7) is 0.715. The van der Waals surface area contributed by atoms with E-state index in [1.54, 1.807) is 0 Å². The Morgan fingerprint density at radius 1 is 1.46 bits per heavy atom. The number of halogens is 3. The molecule has 0 aromatic carbocycles. The maximum atomic E-state index is 11.7. The van der Waals surface area contributed by atoms with Gasteiger partial charge in [-0.3, -0.25) is 0 Å². The van der Waals surface area contributed by atoms with Crippen LogP contribution < -0.4 is 5.32 Å². The second-order valence-electron chi connectivity index (χ2n) is 2.72. The van der Waals surface area contributed by atoms with Gasteiger partial charge in [0.15, 0.2) is 6.10 Å². The summed E-state index contributed by atoms with van der Waals surface area (Å²) in [5.74, 6) is 0. The number of rotatable bonds is 6. The van der Waals surface area contributed by atoms with Crippen molar-refractivity contribution >= 4 is 0 Å². The Kier molecular flexibility index (Phi) is 6.02. The van der Waals surface area contributed by atoms with Crippen LogP contribution in [0.4, 0.5) is 13.2 Å². The van der Waals surface area contributed by atoms with Gasteiger partial charge < -0.3 is 15.2 Å². The van der Waals surface area contributed by atoms with E-state index in [-0.39, 0.29) is 6.54 Å². The van der Waals surface area contributed by atoms with Crippen molar-refractivity contribution in [3.8, 4) is 0 Å². The summed E-state index contributed by atoms with van der Waals surface area (Å²) in [6, 6.07) is 0. The van der Waals surface area contributed by atoms with Gasteiger partial charge in [-0.1, -0.05) is 0 Å². The van der Waals surface area contributed by atoms with Crippen LogP contribution in [0.25, 0.3) is 0 Å². The Hall–Kier alpha value is -0.330. The molecule has 0 aromatic heterocycles. The predicted molar refractivity (Wildman–Crippen MR) is 40.2 cm³/mol. The second-order valence-corrected chi connectivity index (χ2v) is 2.72. The van der Waals surface area contributed by atoms with Crippen LogP contribution in [0.3, 0.4) is 0 Å². The highest BCUT2D eigenvalue weighted by Crippen LogP contribution is 2.18. The Labute approximate surface area is 74.9 Å². The highest BCUT2D eigenvalue weighted by atomic mass is 19.4. The zero-order chi connectivity index (χ0) is 10.3. The highest BCUT2D eigenvalue weighted by Gasteiger charge is 2.39. The molecule has 0 amide bonds. The van der Waals surface area contributed by atoms with Crippen LogP contribution in [0, 0.1) is 0 Å². The molecule has 0 heterocycles. The molecule has 0 aliphatic carbocycles. The van der Waals surface area contributed by atoms with Crippen LogP contribution in [0.1, 0.15) is 6.42 Å². The molecule has 0 fully saturated rings. The van der Waals surface area contributed by atoms with Crippen LogP contribution in [0.2, 0.25) is 0 Å². The third-order valence-electron chi connectivity index (χ3n) is 1.52. The minimum Gasteiger partial charge on any atom is -0.384 e. The lowest BCUT2D eigenvalue weighted by Crippen LogP contribution is -2.87. The van der Waals surface area contributed by atoms with E-state index in [9.17, 15) is 13.2 Å². The summed E-state index contributed by atoms with van der Waals surface area (Å²) in [5, 5.41) is 9.98. The van der Waals surface area contributed by atoms with Crippen LogP contribution in [-0.2, 0) is 4.74 Å². The summed E-state index contributed by atoms with van der Waals surface area (Å²) < 4.78 is 39.9. The number of quaternary nitrogens is 1. The summed E-state index contributed by atoms with van der Waals surface area (Å²) in [4.78, 5) is 0. The quantitative estimate of drug-likeness (QED) is 0.571. The Morgan fingerprint density at radius 3 is 2.54 bits per heavy atom. The number of hydrogen-bond acceptors (Lipinski definition) is 2. The van der Waals surface area contributed by atoms with Crippen LogP contribution in [0.15, 0.2) is 0 Å². The van der Waals surface area contributed by atoms with Crippen molar-refractivity contribution in [2.45, 2.75) is 18.7 Å². The molecule has 6 heteroatoms. The first kappa shape index (κ1) is 12.7. The van der Waals surface area contributed by atoms with Crippen LogP contribution >= 0.6 is 0 Å². The largest absolute Gasteiger partial charge is 0.419 e. The average molecular weight is 202 g/mol. The SMILES string of the molecule is COCCC[NH2+]C[C@@H](O)C(F)(F)F. The van der Waals surface area contributed by atoms with Gasteiger partial charge in [-0.15, -0.1) is 0 Å². The first-order valence-electron chi connectivity index (χ1n) is 4.04. The van der Waals surface area contributed by atoms with Gasteiger partial charge in [0.1, 0.15) is 6.54 Å². The van der Waals surface area contributed by atoms with Crippen molar-refractivity contribution in [1.29, 1.82) is 0 Å². The van der Waals surface area contributed by atoms with E-state index >= 15 is 0 Å². The topological polar surface area (TPSA) is 46.1 Å². The Balaban J connectivity index is 3.32. The van der Waals surface area contributed by atoms with Crippen molar-refractivity contribution < 1.29 is 28.3 Å². The zero-order valence-corrected chi connectivity index (χ0v) is 7.47. The second kappa shape index (κ2) is 6.17. The first-order valence-corrected chi connectivity index (χ1v) is 4.04. The summed E-state index contributed by atoms with van der Waals surface area (Å²) in [5.41, 5.74) is 0. The van der Waals surface area contributed by atoms with E-state index in [4.69, 9.17) is 9.84 Å². The number of alkyl halides is 3. The molecule has 0 radical (unpaired) electrons. The lowest BCUT2D eigenvalue weighted by molar-refractivity contribution is -0.665. The molecule has 1 atom stereocenters. The third-order valence-corrected chi connectivity index (χ3v) is 1.52. The van der Waals surface area contributed by atoms with Gasteiger partial charge in [-0.2, -0.15) is 13.2 Å². The van der Waals surface area contributed by atoms with Gasteiger partial charge in [-0.05, 0) is 0 Å². The molecule has 0 spiro atoms. The molecule has 13 heavy (non-hydrogen) atoms. The molecular formula is C7H15F3NO2+. The predicted octanol–water partition coefficient (Wildman–Crippen LogP) is -0.491. The zero-order valence-electron chi connectivity index (χ0n) is 7.47. The van der Waals surface area contributed by atoms with Crippen molar-refractivity contribution in [3.63, 3.8) is 0 Å². The van der Waals surface area contributed by atoms with E-state index in [1.807, 2.05) is 0 Å². The first-order chi connectivity index (χ1) is 5.98. The van der Waals surface area contributed by atoms with Crippen molar-refractivity contribution in [2.75, 3.05) is 26.8 Å². The van der Waals surface area contributed by atoms with Crippen LogP contribution in [-0.4, -0.2) is 44.2 Å². The number of nitrogens with two attached hydrogens (primary N) is 1. The van der Waals surface area contributed by atoms with E-state index in [2.05, 4.69) is 0 Å². The minimum atomic E-state index is -4.50. The average Bonchev–Trinajstić information content (AvgIpc) is 2.02. The van der Waals surface area contributed by atoms with Gasteiger partial charge >= 0.3 is 6.18 Å². The number of hydrogen-bond donors (Lipinski definition) is 2. The van der Waals surface area contributed by atoms with Crippen LogP contribution in [0.5, 0.6) is 0 Å². The molecule has 0 unspecified atom stereocenters. The molecule has 0 saturated carbocycles. The van der Waals surface area contributed by atoms with Crippen molar-refractivity contribution in [2.24, 2.45) is 0 Å². The fraction of sp³-hybridized carbons (Fsp3) is 1.00. The normalized spacial score (nSPS) is 14.5.